The van der Waals surface area contributed by atoms with Gasteiger partial charge < -0.3 is 24.7 Å². The summed E-state index contributed by atoms with van der Waals surface area (Å²) in [6.07, 6.45) is 3.41. The Morgan fingerprint density at radius 3 is 1.45 bits per heavy atom. The van der Waals surface area contributed by atoms with Gasteiger partial charge in [0.1, 0.15) is 0 Å². The fourth-order valence-electron chi connectivity index (χ4n) is 2.66. The third-order valence-corrected chi connectivity index (χ3v) is 3.75. The van der Waals surface area contributed by atoms with E-state index >= 15 is 0 Å². The predicted octanol–water partition coefficient (Wildman–Crippen LogP) is 0.895. The second-order valence-corrected chi connectivity index (χ2v) is 7.12. The van der Waals surface area contributed by atoms with Crippen molar-refractivity contribution in [3.05, 3.63) is 0 Å². The summed E-state index contributed by atoms with van der Waals surface area (Å²) >= 11 is 0. The third-order valence-electron chi connectivity index (χ3n) is 3.75. The van der Waals surface area contributed by atoms with E-state index in [-0.39, 0.29) is 6.10 Å². The molecule has 0 aromatic rings. The summed E-state index contributed by atoms with van der Waals surface area (Å²) in [6, 6.07) is 0. The van der Waals surface area contributed by atoms with Gasteiger partial charge in [0.05, 0.1) is 6.10 Å². The van der Waals surface area contributed by atoms with E-state index in [9.17, 15) is 5.11 Å². The quantitative estimate of drug-likeness (QED) is 0.515. The fourth-order valence-corrected chi connectivity index (χ4v) is 2.66. The van der Waals surface area contributed by atoms with Gasteiger partial charge in [-0.15, -0.1) is 0 Å². The number of aliphatic hydroxyl groups is 1. The van der Waals surface area contributed by atoms with Crippen LogP contribution >= 0.6 is 0 Å². The predicted molar refractivity (Wildman–Crippen MR) is 96.6 cm³/mol. The first-order valence-corrected chi connectivity index (χ1v) is 8.69. The molecule has 0 fully saturated rings. The van der Waals surface area contributed by atoms with Crippen LogP contribution in [-0.4, -0.2) is 112 Å². The molecular weight excluding hydrogens is 276 g/mol. The van der Waals surface area contributed by atoms with Crippen molar-refractivity contribution in [2.75, 3.05) is 81.1 Å². The summed E-state index contributed by atoms with van der Waals surface area (Å²) in [7, 11) is 10.7. The molecule has 0 saturated heterocycles. The molecule has 0 bridgehead atoms. The molecule has 0 heterocycles. The van der Waals surface area contributed by atoms with Crippen molar-refractivity contribution in [3.63, 3.8) is 0 Å². The Bertz CT molecular complexity index is 233. The third kappa shape index (κ3) is 14.7. The second-order valence-electron chi connectivity index (χ2n) is 7.12. The van der Waals surface area contributed by atoms with Gasteiger partial charge in [0, 0.05) is 6.54 Å². The van der Waals surface area contributed by atoms with Crippen LogP contribution in [0.1, 0.15) is 26.2 Å². The molecule has 0 aliphatic carbocycles. The number of rotatable bonds is 14. The van der Waals surface area contributed by atoms with Crippen molar-refractivity contribution in [3.8, 4) is 0 Å². The molecule has 5 nitrogen and oxygen atoms in total. The molecule has 0 aromatic heterocycles. The van der Waals surface area contributed by atoms with E-state index in [1.165, 1.54) is 32.4 Å². The van der Waals surface area contributed by atoms with Gasteiger partial charge in [-0.05, 0) is 101 Å². The van der Waals surface area contributed by atoms with Crippen molar-refractivity contribution >= 4 is 0 Å². The van der Waals surface area contributed by atoms with E-state index in [1.54, 1.807) is 0 Å². The summed E-state index contributed by atoms with van der Waals surface area (Å²) in [5.41, 5.74) is 0. The molecule has 5 heteroatoms. The van der Waals surface area contributed by atoms with E-state index in [0.29, 0.717) is 0 Å². The zero-order chi connectivity index (χ0) is 17.0. The maximum Gasteiger partial charge on any atom is 0.0638 e. The molecule has 1 unspecified atom stereocenters. The van der Waals surface area contributed by atoms with Crippen molar-refractivity contribution in [1.82, 2.24) is 19.6 Å². The number of nitrogens with zero attached hydrogens (tertiary/aromatic N) is 4. The normalized spacial score (nSPS) is 13.8. The maximum absolute atomic E-state index is 9.41. The molecule has 0 amide bonds. The van der Waals surface area contributed by atoms with Crippen LogP contribution in [0.3, 0.4) is 0 Å². The Balaban J connectivity index is 3.99. The standard InChI is InChI=1S/C17H40N4O/c1-17(22)16-20(6)12-9-15-21(13-7-10-18(2)3)14-8-11-19(4)5/h17,22H,7-16H2,1-6H3. The Morgan fingerprint density at radius 2 is 1.09 bits per heavy atom. The first kappa shape index (κ1) is 21.8. The number of hydrogen-bond donors (Lipinski definition) is 1. The lowest BCUT2D eigenvalue weighted by atomic mass is 10.2. The van der Waals surface area contributed by atoms with Gasteiger partial charge >= 0.3 is 0 Å². The monoisotopic (exact) mass is 316 g/mol. The highest BCUT2D eigenvalue weighted by Crippen LogP contribution is 2.00. The number of hydrogen-bond acceptors (Lipinski definition) is 5. The highest BCUT2D eigenvalue weighted by atomic mass is 16.3. The van der Waals surface area contributed by atoms with E-state index < -0.39 is 0 Å². The lowest BCUT2D eigenvalue weighted by Gasteiger charge is -2.25. The zero-order valence-corrected chi connectivity index (χ0v) is 15.9. The van der Waals surface area contributed by atoms with Gasteiger partial charge in [-0.3, -0.25) is 0 Å². The molecule has 0 rings (SSSR count). The van der Waals surface area contributed by atoms with Crippen LogP contribution in [0.15, 0.2) is 0 Å². The molecular formula is C17H40N4O. The minimum atomic E-state index is -0.235. The summed E-state index contributed by atoms with van der Waals surface area (Å²) in [4.78, 5) is 9.34. The lowest BCUT2D eigenvalue weighted by molar-refractivity contribution is 0.137. The highest BCUT2D eigenvalue weighted by molar-refractivity contribution is 4.63. The Morgan fingerprint density at radius 1 is 0.682 bits per heavy atom. The Kier molecular flexibility index (Phi) is 13.1. The highest BCUT2D eigenvalue weighted by Gasteiger charge is 2.07. The molecule has 1 atom stereocenters. The van der Waals surface area contributed by atoms with Gasteiger partial charge in [-0.2, -0.15) is 0 Å². The first-order chi connectivity index (χ1) is 10.3. The largest absolute Gasteiger partial charge is 0.392 e. The van der Waals surface area contributed by atoms with E-state index in [1.807, 2.05) is 6.92 Å². The molecule has 0 aliphatic heterocycles. The Labute approximate surface area is 138 Å². The summed E-state index contributed by atoms with van der Waals surface area (Å²) in [6.45, 7) is 9.52. The topological polar surface area (TPSA) is 33.2 Å². The molecule has 1 N–H and O–H groups in total. The summed E-state index contributed by atoms with van der Waals surface area (Å²) in [5, 5.41) is 9.41. The summed E-state index contributed by atoms with van der Waals surface area (Å²) < 4.78 is 0. The fraction of sp³-hybridized carbons (Fsp3) is 1.00. The summed E-state index contributed by atoms with van der Waals surface area (Å²) in [5.74, 6) is 0. The second kappa shape index (κ2) is 13.3. The van der Waals surface area contributed by atoms with E-state index in [0.717, 1.165) is 32.7 Å². The van der Waals surface area contributed by atoms with Crippen molar-refractivity contribution in [2.24, 2.45) is 0 Å². The minimum Gasteiger partial charge on any atom is -0.392 e. The Hall–Kier alpha value is -0.200. The van der Waals surface area contributed by atoms with Crippen molar-refractivity contribution < 1.29 is 5.11 Å². The molecule has 0 saturated carbocycles. The smallest absolute Gasteiger partial charge is 0.0638 e. The van der Waals surface area contributed by atoms with Crippen molar-refractivity contribution in [1.29, 1.82) is 0 Å². The SMILES string of the molecule is CC(O)CN(C)CCCN(CCCN(C)C)CCCN(C)C. The van der Waals surface area contributed by atoms with Crippen molar-refractivity contribution in [2.45, 2.75) is 32.3 Å². The van der Waals surface area contributed by atoms with E-state index in [2.05, 4.69) is 54.8 Å². The van der Waals surface area contributed by atoms with Gasteiger partial charge in [0.15, 0.2) is 0 Å². The van der Waals surface area contributed by atoms with E-state index in [4.69, 9.17) is 0 Å². The number of aliphatic hydroxyl groups excluding tert-OH is 1. The van der Waals surface area contributed by atoms with Crippen LogP contribution in [0.4, 0.5) is 0 Å². The molecule has 0 aromatic carbocycles. The molecule has 134 valence electrons. The van der Waals surface area contributed by atoms with Crippen LogP contribution in [0.5, 0.6) is 0 Å². The van der Waals surface area contributed by atoms with Gasteiger partial charge in [-0.25, -0.2) is 0 Å². The average Bonchev–Trinajstić information content (AvgIpc) is 2.36. The average molecular weight is 317 g/mol. The molecule has 22 heavy (non-hydrogen) atoms. The van der Waals surface area contributed by atoms with Gasteiger partial charge in [0.2, 0.25) is 0 Å². The maximum atomic E-state index is 9.41. The molecule has 0 spiro atoms. The number of likely N-dealkylation sites (N-methyl/N-ethyl adjacent to an activating group) is 1. The van der Waals surface area contributed by atoms with Crippen LogP contribution < -0.4 is 0 Å². The molecule has 0 aliphatic rings. The minimum absolute atomic E-state index is 0.235. The van der Waals surface area contributed by atoms with Crippen LogP contribution in [-0.2, 0) is 0 Å². The van der Waals surface area contributed by atoms with Gasteiger partial charge in [-0.1, -0.05) is 0 Å². The van der Waals surface area contributed by atoms with Crippen LogP contribution in [0.2, 0.25) is 0 Å². The lowest BCUT2D eigenvalue weighted by Crippen LogP contribution is -2.34. The van der Waals surface area contributed by atoms with Crippen LogP contribution in [0, 0.1) is 0 Å². The first-order valence-electron chi connectivity index (χ1n) is 8.69. The molecule has 0 radical (unpaired) electrons. The zero-order valence-electron chi connectivity index (χ0n) is 15.9. The van der Waals surface area contributed by atoms with Gasteiger partial charge in [0.25, 0.3) is 0 Å². The van der Waals surface area contributed by atoms with Crippen LogP contribution in [0.25, 0.3) is 0 Å².